The van der Waals surface area contributed by atoms with Crippen LogP contribution in [0.25, 0.3) is 22.3 Å². The lowest BCUT2D eigenvalue weighted by Crippen LogP contribution is -2.43. The molecule has 0 aliphatic carbocycles. The molecule has 0 saturated heterocycles. The number of amides is 1. The van der Waals surface area contributed by atoms with Crippen LogP contribution < -0.4 is 20.1 Å². The highest BCUT2D eigenvalue weighted by Crippen LogP contribution is 2.31. The van der Waals surface area contributed by atoms with Crippen LogP contribution in [0.4, 0.5) is 11.5 Å². The van der Waals surface area contributed by atoms with Crippen molar-refractivity contribution in [3.05, 3.63) is 60.7 Å². The second kappa shape index (κ2) is 10.6. The van der Waals surface area contributed by atoms with Crippen molar-refractivity contribution in [1.29, 1.82) is 0 Å². The molecule has 0 fully saturated rings. The van der Waals surface area contributed by atoms with Gasteiger partial charge < -0.3 is 20.1 Å². The molecular weight excluding hydrogens is 456 g/mol. The number of carbonyl (C=O) groups excluding carboxylic acids is 1. The summed E-state index contributed by atoms with van der Waals surface area (Å²) >= 11 is 0. The predicted octanol–water partition coefficient (Wildman–Crippen LogP) is 4.83. The minimum Gasteiger partial charge on any atom is -0.494 e. The van der Waals surface area contributed by atoms with Gasteiger partial charge in [0.15, 0.2) is 12.4 Å². The average Bonchev–Trinajstić information content (AvgIpc) is 2.83. The van der Waals surface area contributed by atoms with E-state index in [1.165, 1.54) is 0 Å². The molecule has 2 heterocycles. The van der Waals surface area contributed by atoms with Crippen molar-refractivity contribution in [2.24, 2.45) is 0 Å². The fourth-order valence-electron chi connectivity index (χ4n) is 3.51. The Kier molecular flexibility index (Phi) is 7.28. The van der Waals surface area contributed by atoms with Crippen molar-refractivity contribution < 1.29 is 14.3 Å². The minimum atomic E-state index is -0.324. The van der Waals surface area contributed by atoms with Gasteiger partial charge in [-0.1, -0.05) is 12.1 Å². The summed E-state index contributed by atoms with van der Waals surface area (Å²) in [7, 11) is 0. The van der Waals surface area contributed by atoms with Crippen LogP contribution in [-0.4, -0.2) is 44.6 Å². The number of nitrogens with zero attached hydrogens (tertiary/aromatic N) is 4. The number of fused-ring (bicyclic) bond motifs is 1. The van der Waals surface area contributed by atoms with Gasteiger partial charge in [0.25, 0.3) is 5.91 Å². The van der Waals surface area contributed by atoms with Crippen molar-refractivity contribution in [2.45, 2.75) is 40.2 Å². The number of rotatable bonds is 8. The number of hydrogen-bond acceptors (Lipinski definition) is 8. The van der Waals surface area contributed by atoms with E-state index in [1.807, 2.05) is 71.0 Å². The fraction of sp³-hybridized carbons (Fsp3) is 0.296. The van der Waals surface area contributed by atoms with Crippen LogP contribution in [0.15, 0.2) is 54.9 Å². The molecule has 36 heavy (non-hydrogen) atoms. The lowest BCUT2D eigenvalue weighted by Gasteiger charge is -2.20. The summed E-state index contributed by atoms with van der Waals surface area (Å²) in [5, 5.41) is 7.00. The second-order valence-corrected chi connectivity index (χ2v) is 9.27. The molecule has 0 unspecified atom stereocenters. The summed E-state index contributed by atoms with van der Waals surface area (Å²) in [4.78, 5) is 30.3. The summed E-state index contributed by atoms with van der Waals surface area (Å²) in [5.41, 5.74) is 1.88. The van der Waals surface area contributed by atoms with Crippen molar-refractivity contribution in [1.82, 2.24) is 25.3 Å². The van der Waals surface area contributed by atoms with Crippen molar-refractivity contribution in [3.63, 3.8) is 0 Å². The normalized spacial score (nSPS) is 11.2. The lowest BCUT2D eigenvalue weighted by atomic mass is 10.1. The first-order valence-corrected chi connectivity index (χ1v) is 11.7. The van der Waals surface area contributed by atoms with Crippen LogP contribution in [0.1, 0.15) is 33.5 Å². The van der Waals surface area contributed by atoms with Gasteiger partial charge >= 0.3 is 0 Å². The predicted molar refractivity (Wildman–Crippen MR) is 140 cm³/mol. The Hall–Kier alpha value is -4.27. The number of anilines is 2. The van der Waals surface area contributed by atoms with E-state index in [1.54, 1.807) is 18.5 Å². The highest BCUT2D eigenvalue weighted by Gasteiger charge is 2.15. The van der Waals surface area contributed by atoms with Crippen molar-refractivity contribution >= 4 is 28.3 Å². The molecule has 4 rings (SSSR count). The number of benzene rings is 2. The van der Waals surface area contributed by atoms with E-state index in [-0.39, 0.29) is 18.1 Å². The Morgan fingerprint density at radius 1 is 0.972 bits per heavy atom. The number of aryl methyl sites for hydroxylation is 1. The van der Waals surface area contributed by atoms with E-state index in [0.29, 0.717) is 35.5 Å². The third-order valence-electron chi connectivity index (χ3n) is 5.00. The number of nitrogens with one attached hydrogen (secondary N) is 2. The molecule has 9 nitrogen and oxygen atoms in total. The molecule has 0 radical (unpaired) electrons. The van der Waals surface area contributed by atoms with Gasteiger partial charge in [-0.25, -0.2) is 19.9 Å². The Morgan fingerprint density at radius 2 is 1.72 bits per heavy atom. The highest BCUT2D eigenvalue weighted by atomic mass is 16.5. The van der Waals surface area contributed by atoms with Crippen LogP contribution in [0, 0.1) is 6.92 Å². The van der Waals surface area contributed by atoms with Gasteiger partial charge in [-0.05, 0) is 65.0 Å². The van der Waals surface area contributed by atoms with Gasteiger partial charge in [0.05, 0.1) is 30.2 Å². The third kappa shape index (κ3) is 6.44. The molecule has 0 spiro atoms. The maximum Gasteiger partial charge on any atom is 0.258 e. The van der Waals surface area contributed by atoms with Crippen LogP contribution in [0.2, 0.25) is 0 Å². The standard InChI is InChI=1S/C27H30N6O3/c1-6-35-21-10-11-23-22(13-21)26(30-19-14-28-17(2)29-15-19)32-25(31-23)18-8-7-9-20(12-18)36-16-24(34)33-27(3,4)5/h7-15H,6,16H2,1-5H3,(H,33,34)(H,30,31,32). The van der Waals surface area contributed by atoms with Crippen molar-refractivity contribution in [3.8, 4) is 22.9 Å². The van der Waals surface area contributed by atoms with Gasteiger partial charge in [0, 0.05) is 16.5 Å². The molecule has 2 aromatic heterocycles. The van der Waals surface area contributed by atoms with E-state index in [9.17, 15) is 4.79 Å². The Balaban J connectivity index is 1.67. The third-order valence-corrected chi connectivity index (χ3v) is 5.00. The Morgan fingerprint density at radius 3 is 2.44 bits per heavy atom. The van der Waals surface area contributed by atoms with E-state index in [2.05, 4.69) is 20.6 Å². The van der Waals surface area contributed by atoms with E-state index < -0.39 is 0 Å². The molecule has 0 atom stereocenters. The highest BCUT2D eigenvalue weighted by molar-refractivity contribution is 5.93. The van der Waals surface area contributed by atoms with Crippen molar-refractivity contribution in [2.75, 3.05) is 18.5 Å². The van der Waals surface area contributed by atoms with E-state index in [0.717, 1.165) is 22.2 Å². The van der Waals surface area contributed by atoms with Crippen LogP contribution in [0.5, 0.6) is 11.5 Å². The molecule has 1 amide bonds. The zero-order chi connectivity index (χ0) is 25.7. The lowest BCUT2D eigenvalue weighted by molar-refractivity contribution is -0.124. The Bertz CT molecular complexity index is 1370. The molecule has 2 N–H and O–H groups in total. The van der Waals surface area contributed by atoms with Gasteiger partial charge in [0.2, 0.25) is 0 Å². The minimum absolute atomic E-state index is 0.0836. The average molecular weight is 487 g/mol. The van der Waals surface area contributed by atoms with Gasteiger partial charge in [-0.2, -0.15) is 0 Å². The molecule has 4 aromatic rings. The molecular formula is C27H30N6O3. The molecule has 0 aliphatic rings. The van der Waals surface area contributed by atoms with Crippen LogP contribution in [-0.2, 0) is 4.79 Å². The zero-order valence-corrected chi connectivity index (χ0v) is 21.1. The first-order chi connectivity index (χ1) is 17.2. The number of aromatic nitrogens is 4. The van der Waals surface area contributed by atoms with E-state index >= 15 is 0 Å². The summed E-state index contributed by atoms with van der Waals surface area (Å²) in [6.45, 7) is 10.0. The molecule has 2 aromatic carbocycles. The van der Waals surface area contributed by atoms with Gasteiger partial charge in [0.1, 0.15) is 23.1 Å². The van der Waals surface area contributed by atoms with E-state index in [4.69, 9.17) is 19.4 Å². The fourth-order valence-corrected chi connectivity index (χ4v) is 3.51. The second-order valence-electron chi connectivity index (χ2n) is 9.27. The first-order valence-electron chi connectivity index (χ1n) is 11.7. The smallest absolute Gasteiger partial charge is 0.258 e. The summed E-state index contributed by atoms with van der Waals surface area (Å²) in [6.07, 6.45) is 3.42. The monoisotopic (exact) mass is 486 g/mol. The maximum absolute atomic E-state index is 12.2. The first kappa shape index (κ1) is 24.8. The SMILES string of the molecule is CCOc1ccc2nc(-c3cccc(OCC(=O)NC(C)(C)C)c3)nc(Nc3cnc(C)nc3)c2c1. The number of ether oxygens (including phenoxy) is 2. The Labute approximate surface area is 210 Å². The number of carbonyl (C=O) groups is 1. The largest absolute Gasteiger partial charge is 0.494 e. The topological polar surface area (TPSA) is 111 Å². The molecule has 0 aliphatic heterocycles. The quantitative estimate of drug-likeness (QED) is 0.364. The molecule has 186 valence electrons. The van der Waals surface area contributed by atoms with Gasteiger partial charge in [-0.15, -0.1) is 0 Å². The summed E-state index contributed by atoms with van der Waals surface area (Å²) in [5.74, 6) is 2.88. The van der Waals surface area contributed by atoms with Crippen LogP contribution in [0.3, 0.4) is 0 Å². The van der Waals surface area contributed by atoms with Crippen LogP contribution >= 0.6 is 0 Å². The number of hydrogen-bond donors (Lipinski definition) is 2. The maximum atomic E-state index is 12.2. The molecule has 9 heteroatoms. The molecule has 0 bridgehead atoms. The summed E-state index contributed by atoms with van der Waals surface area (Å²) in [6, 6.07) is 13.1. The molecule has 0 saturated carbocycles. The van der Waals surface area contributed by atoms with Gasteiger partial charge in [-0.3, -0.25) is 4.79 Å². The zero-order valence-electron chi connectivity index (χ0n) is 21.1. The summed E-state index contributed by atoms with van der Waals surface area (Å²) < 4.78 is 11.4.